The van der Waals surface area contributed by atoms with E-state index in [1.807, 2.05) is 0 Å². The molecule has 0 aliphatic heterocycles. The van der Waals surface area contributed by atoms with Crippen LogP contribution in [0.2, 0.25) is 0 Å². The largest absolute Gasteiger partial charge is 1.00 e. The lowest BCUT2D eigenvalue weighted by atomic mass is 10.1. The van der Waals surface area contributed by atoms with E-state index in [0.717, 1.165) is 0 Å². The highest BCUT2D eigenvalue weighted by atomic mass is 127. The fourth-order valence-electron chi connectivity index (χ4n) is 8.54. The van der Waals surface area contributed by atoms with Crippen molar-refractivity contribution in [1.82, 2.24) is 0 Å². The molecule has 0 aliphatic carbocycles. The predicted octanol–water partition coefficient (Wildman–Crippen LogP) is 11.6. The first-order valence-electron chi connectivity index (χ1n) is 23.3. The first-order chi connectivity index (χ1) is 23.6. The first kappa shape index (κ1) is 56.6. The Morgan fingerprint density at radius 1 is 0.180 bits per heavy atom. The monoisotopic (exact) mass is 967 g/mol. The molecule has 0 rings (SSSR count). The van der Waals surface area contributed by atoms with Crippen LogP contribution in [-0.4, -0.2) is 49.3 Å². The number of hydrogen-bond donors (Lipinski definition) is 0. The van der Waals surface area contributed by atoms with Crippen LogP contribution < -0.4 is 48.0 Å². The first-order valence-corrected chi connectivity index (χ1v) is 28.3. The van der Waals surface area contributed by atoms with Crippen molar-refractivity contribution in [3.05, 3.63) is 0 Å². The van der Waals surface area contributed by atoms with E-state index in [1.165, 1.54) is 154 Å². The lowest BCUT2D eigenvalue weighted by Gasteiger charge is -2.29. The Hall–Kier alpha value is 2.32. The maximum absolute atomic E-state index is 2.38. The molecule has 4 heteroatoms. The second kappa shape index (κ2) is 44.0. The van der Waals surface area contributed by atoms with Gasteiger partial charge in [0.25, 0.3) is 0 Å². The lowest BCUT2D eigenvalue weighted by Crippen LogP contribution is -3.00. The molecule has 0 radical (unpaired) electrons. The van der Waals surface area contributed by atoms with Crippen LogP contribution in [0.15, 0.2) is 0 Å². The molecule has 0 unspecified atom stereocenters. The summed E-state index contributed by atoms with van der Waals surface area (Å²) in [6.07, 6.45) is 60.8. The van der Waals surface area contributed by atoms with Crippen molar-refractivity contribution >= 4 is 14.5 Å². The molecule has 0 nitrogen and oxygen atoms in total. The van der Waals surface area contributed by atoms with Gasteiger partial charge < -0.3 is 48.0 Å². The van der Waals surface area contributed by atoms with Gasteiger partial charge in [-0.25, -0.2) is 0 Å². The maximum Gasteiger partial charge on any atom is 0.0594 e. The summed E-state index contributed by atoms with van der Waals surface area (Å²) >= 11 is 0. The SMILES string of the molecule is CCCCCC[P+](CCCCCC)(CCCCCC)CCCCCCCCCC[P+](CCCCCC)(CCCCCC)CCCCCC.[I-].[I-]. The van der Waals surface area contributed by atoms with Gasteiger partial charge in [0.05, 0.1) is 49.3 Å². The van der Waals surface area contributed by atoms with Crippen molar-refractivity contribution in [1.29, 1.82) is 0 Å². The van der Waals surface area contributed by atoms with Crippen molar-refractivity contribution in [2.24, 2.45) is 0 Å². The summed E-state index contributed by atoms with van der Waals surface area (Å²) in [5.74, 6) is 0. The normalized spacial score (nSPS) is 11.9. The molecular formula is C46H98I2P2. The van der Waals surface area contributed by atoms with Crippen LogP contribution in [0.5, 0.6) is 0 Å². The van der Waals surface area contributed by atoms with Gasteiger partial charge in [-0.05, 0) is 103 Å². The van der Waals surface area contributed by atoms with Crippen molar-refractivity contribution < 1.29 is 48.0 Å². The smallest absolute Gasteiger partial charge is 0.0594 e. The van der Waals surface area contributed by atoms with Crippen LogP contribution in [-0.2, 0) is 0 Å². The van der Waals surface area contributed by atoms with E-state index in [1.54, 1.807) is 101 Å². The topological polar surface area (TPSA) is 0 Å². The molecule has 0 N–H and O–H groups in total. The second-order valence-electron chi connectivity index (χ2n) is 16.7. The molecule has 0 aliphatic rings. The zero-order valence-corrected chi connectivity index (χ0v) is 42.0. The van der Waals surface area contributed by atoms with E-state index < -0.39 is 14.5 Å². The molecule has 0 heterocycles. The Morgan fingerprint density at radius 3 is 0.440 bits per heavy atom. The van der Waals surface area contributed by atoms with Crippen LogP contribution in [0.3, 0.4) is 0 Å². The third-order valence-corrected chi connectivity index (χ3v) is 22.1. The van der Waals surface area contributed by atoms with Crippen LogP contribution in [0, 0.1) is 0 Å². The maximum atomic E-state index is 2.38. The summed E-state index contributed by atoms with van der Waals surface area (Å²) in [6.45, 7) is 14.3. The van der Waals surface area contributed by atoms with Crippen molar-refractivity contribution in [3.63, 3.8) is 0 Å². The van der Waals surface area contributed by atoms with E-state index in [9.17, 15) is 0 Å². The van der Waals surface area contributed by atoms with Gasteiger partial charge in [0.15, 0.2) is 0 Å². The van der Waals surface area contributed by atoms with Gasteiger partial charge in [0.1, 0.15) is 0 Å². The molecule has 0 aromatic carbocycles. The second-order valence-corrected chi connectivity index (χ2v) is 25.6. The average Bonchev–Trinajstić information content (AvgIpc) is 3.10. The predicted molar refractivity (Wildman–Crippen MR) is 235 cm³/mol. The van der Waals surface area contributed by atoms with Crippen molar-refractivity contribution in [3.8, 4) is 0 Å². The molecule has 0 bridgehead atoms. The molecule has 0 fully saturated rings. The minimum absolute atomic E-state index is 0. The average molecular weight is 967 g/mol. The number of unbranched alkanes of at least 4 members (excludes halogenated alkanes) is 25. The number of halogens is 2. The molecular weight excluding hydrogens is 868 g/mol. The fourth-order valence-corrected chi connectivity index (χ4v) is 18.4. The van der Waals surface area contributed by atoms with Crippen LogP contribution in [0.1, 0.15) is 247 Å². The molecule has 50 heavy (non-hydrogen) atoms. The van der Waals surface area contributed by atoms with E-state index in [2.05, 4.69) is 41.5 Å². The van der Waals surface area contributed by atoms with Gasteiger partial charge in [-0.1, -0.05) is 144 Å². The molecule has 0 aromatic heterocycles. The summed E-state index contributed by atoms with van der Waals surface area (Å²) in [6, 6.07) is 0. The van der Waals surface area contributed by atoms with Gasteiger partial charge in [-0.15, -0.1) is 0 Å². The van der Waals surface area contributed by atoms with Crippen LogP contribution in [0.25, 0.3) is 0 Å². The van der Waals surface area contributed by atoms with Gasteiger partial charge in [0, 0.05) is 14.5 Å². The fraction of sp³-hybridized carbons (Fsp3) is 1.00. The minimum Gasteiger partial charge on any atom is -1.00 e. The van der Waals surface area contributed by atoms with Crippen LogP contribution in [0.4, 0.5) is 0 Å². The van der Waals surface area contributed by atoms with E-state index >= 15 is 0 Å². The summed E-state index contributed by atoms with van der Waals surface area (Å²) in [5, 5.41) is 0. The van der Waals surface area contributed by atoms with E-state index in [0.29, 0.717) is 0 Å². The van der Waals surface area contributed by atoms with Gasteiger partial charge in [-0.2, -0.15) is 0 Å². The quantitative estimate of drug-likeness (QED) is 0.0325. The Bertz CT molecular complexity index is 498. The Kier molecular flexibility index (Phi) is 49.9. The van der Waals surface area contributed by atoms with E-state index in [4.69, 9.17) is 0 Å². The van der Waals surface area contributed by atoms with Gasteiger partial charge in [0.2, 0.25) is 0 Å². The third-order valence-electron chi connectivity index (χ3n) is 11.9. The molecule has 0 saturated heterocycles. The van der Waals surface area contributed by atoms with Gasteiger partial charge in [-0.3, -0.25) is 0 Å². The zero-order chi connectivity index (χ0) is 35.3. The Morgan fingerprint density at radius 2 is 0.300 bits per heavy atom. The number of rotatable bonds is 41. The molecule has 0 atom stereocenters. The molecule has 0 saturated carbocycles. The minimum atomic E-state index is -0.737. The Balaban J connectivity index is -0.0000110. The highest BCUT2D eigenvalue weighted by molar-refractivity contribution is 7.76. The van der Waals surface area contributed by atoms with Gasteiger partial charge >= 0.3 is 0 Å². The highest BCUT2D eigenvalue weighted by Gasteiger charge is 2.36. The van der Waals surface area contributed by atoms with Crippen molar-refractivity contribution in [2.75, 3.05) is 49.3 Å². The number of hydrogen-bond acceptors (Lipinski definition) is 0. The summed E-state index contributed by atoms with van der Waals surface area (Å²) in [7, 11) is -1.47. The molecule has 0 aromatic rings. The van der Waals surface area contributed by atoms with Crippen molar-refractivity contribution in [2.45, 2.75) is 247 Å². The lowest BCUT2D eigenvalue weighted by molar-refractivity contribution is -0.00100. The van der Waals surface area contributed by atoms with E-state index in [-0.39, 0.29) is 48.0 Å². The summed E-state index contributed by atoms with van der Waals surface area (Å²) in [4.78, 5) is 0. The van der Waals surface area contributed by atoms with Crippen LogP contribution >= 0.6 is 14.5 Å². The molecule has 306 valence electrons. The Labute approximate surface area is 356 Å². The highest BCUT2D eigenvalue weighted by Crippen LogP contribution is 2.62. The standard InChI is InChI=1S/C46H98P2.2HI/c1-7-13-19-31-39-47(40-32-20-14-8-2,41-33-21-15-9-3)45-37-29-27-25-26-28-30-38-46-48(42-34-22-16-10-4,43-35-23-17-11-5)44-36-24-18-12-6;;/h7-46H2,1-6H3;2*1H/q+2;;/p-2. The third kappa shape index (κ3) is 34.8. The molecule has 0 amide bonds. The summed E-state index contributed by atoms with van der Waals surface area (Å²) in [5.41, 5.74) is 0. The molecule has 0 spiro atoms. The zero-order valence-electron chi connectivity index (χ0n) is 35.9. The summed E-state index contributed by atoms with van der Waals surface area (Å²) < 4.78 is 0.